The SMILES string of the molecule is C[C@H]1C[C@@H](C(=O)NC(c2ccccc2)C(C)(C)C)CCN1.Cl. The number of carbonyl (C=O) groups excluding carboxylic acids is 1. The third kappa shape index (κ3) is 4.99. The molecule has 4 heteroatoms. The number of piperidine rings is 1. The van der Waals surface area contributed by atoms with Crippen LogP contribution in [0.4, 0.5) is 0 Å². The van der Waals surface area contributed by atoms with Crippen LogP contribution in [0.3, 0.4) is 0 Å². The smallest absolute Gasteiger partial charge is 0.223 e. The number of hydrogen-bond donors (Lipinski definition) is 2. The lowest BCUT2D eigenvalue weighted by Gasteiger charge is -2.35. The first-order valence-electron chi connectivity index (χ1n) is 7.96. The molecular weight excluding hydrogens is 296 g/mol. The molecule has 2 N–H and O–H groups in total. The summed E-state index contributed by atoms with van der Waals surface area (Å²) >= 11 is 0. The van der Waals surface area contributed by atoms with E-state index in [4.69, 9.17) is 0 Å². The van der Waals surface area contributed by atoms with Gasteiger partial charge in [0.2, 0.25) is 5.91 Å². The molecule has 0 radical (unpaired) electrons. The molecule has 22 heavy (non-hydrogen) atoms. The Balaban J connectivity index is 0.00000242. The Kier molecular flexibility index (Phi) is 6.89. The second-order valence-corrected chi connectivity index (χ2v) is 7.29. The average Bonchev–Trinajstić information content (AvgIpc) is 2.44. The van der Waals surface area contributed by atoms with E-state index >= 15 is 0 Å². The summed E-state index contributed by atoms with van der Waals surface area (Å²) in [5.41, 5.74) is 1.18. The van der Waals surface area contributed by atoms with Crippen LogP contribution in [0, 0.1) is 11.3 Å². The van der Waals surface area contributed by atoms with E-state index in [9.17, 15) is 4.79 Å². The maximum absolute atomic E-state index is 12.6. The summed E-state index contributed by atoms with van der Waals surface area (Å²) in [5.74, 6) is 0.335. The van der Waals surface area contributed by atoms with E-state index in [0.717, 1.165) is 19.4 Å². The van der Waals surface area contributed by atoms with Crippen LogP contribution in [0.2, 0.25) is 0 Å². The van der Waals surface area contributed by atoms with Gasteiger partial charge in [0.05, 0.1) is 6.04 Å². The Morgan fingerprint density at radius 2 is 1.91 bits per heavy atom. The van der Waals surface area contributed by atoms with Crippen molar-refractivity contribution in [3.8, 4) is 0 Å². The predicted octanol–water partition coefficient (Wildman–Crippen LogP) is 3.70. The largest absolute Gasteiger partial charge is 0.349 e. The Morgan fingerprint density at radius 1 is 1.27 bits per heavy atom. The van der Waals surface area contributed by atoms with E-state index in [1.807, 2.05) is 18.2 Å². The first-order valence-corrected chi connectivity index (χ1v) is 7.96. The van der Waals surface area contributed by atoms with Crippen LogP contribution in [-0.2, 0) is 4.79 Å². The zero-order valence-electron chi connectivity index (χ0n) is 14.1. The van der Waals surface area contributed by atoms with Crippen molar-refractivity contribution in [3.63, 3.8) is 0 Å². The number of hydrogen-bond acceptors (Lipinski definition) is 2. The molecule has 0 spiro atoms. The molecule has 1 aromatic rings. The molecular formula is C18H29ClN2O. The number of benzene rings is 1. The van der Waals surface area contributed by atoms with E-state index in [1.165, 1.54) is 5.56 Å². The van der Waals surface area contributed by atoms with Gasteiger partial charge >= 0.3 is 0 Å². The summed E-state index contributed by atoms with van der Waals surface area (Å²) in [7, 11) is 0. The van der Waals surface area contributed by atoms with E-state index in [-0.39, 0.29) is 35.7 Å². The molecule has 1 saturated heterocycles. The number of halogens is 1. The molecule has 3 nitrogen and oxygen atoms in total. The molecule has 1 unspecified atom stereocenters. The van der Waals surface area contributed by atoms with Crippen LogP contribution in [0.25, 0.3) is 0 Å². The first-order chi connectivity index (χ1) is 9.88. The van der Waals surface area contributed by atoms with Crippen molar-refractivity contribution < 1.29 is 4.79 Å². The molecule has 1 amide bonds. The molecule has 0 saturated carbocycles. The predicted molar refractivity (Wildman–Crippen MR) is 94.2 cm³/mol. The third-order valence-electron chi connectivity index (χ3n) is 4.28. The second kappa shape index (κ2) is 7.98. The monoisotopic (exact) mass is 324 g/mol. The van der Waals surface area contributed by atoms with Crippen LogP contribution in [-0.4, -0.2) is 18.5 Å². The van der Waals surface area contributed by atoms with E-state index in [1.54, 1.807) is 0 Å². The maximum Gasteiger partial charge on any atom is 0.223 e. The maximum atomic E-state index is 12.6. The molecule has 3 atom stereocenters. The molecule has 1 aliphatic rings. The molecule has 124 valence electrons. The second-order valence-electron chi connectivity index (χ2n) is 7.29. The summed E-state index contributed by atoms with van der Waals surface area (Å²) in [5, 5.41) is 6.70. The summed E-state index contributed by atoms with van der Waals surface area (Å²) in [4.78, 5) is 12.6. The van der Waals surface area contributed by atoms with Gasteiger partial charge in [-0.1, -0.05) is 51.1 Å². The lowest BCUT2D eigenvalue weighted by molar-refractivity contribution is -0.127. The zero-order chi connectivity index (χ0) is 15.5. The summed E-state index contributed by atoms with van der Waals surface area (Å²) in [6, 6.07) is 10.8. The lowest BCUT2D eigenvalue weighted by Crippen LogP contribution is -2.45. The minimum Gasteiger partial charge on any atom is -0.349 e. The fourth-order valence-corrected chi connectivity index (χ4v) is 3.08. The van der Waals surface area contributed by atoms with E-state index in [2.05, 4.69) is 50.5 Å². The van der Waals surface area contributed by atoms with Gasteiger partial charge in [-0.05, 0) is 37.3 Å². The van der Waals surface area contributed by atoms with Gasteiger partial charge in [0.25, 0.3) is 0 Å². The molecule has 0 bridgehead atoms. The lowest BCUT2D eigenvalue weighted by atomic mass is 9.81. The highest BCUT2D eigenvalue weighted by atomic mass is 35.5. The van der Waals surface area contributed by atoms with E-state index < -0.39 is 0 Å². The zero-order valence-corrected chi connectivity index (χ0v) is 14.9. The molecule has 1 aromatic carbocycles. The van der Waals surface area contributed by atoms with Crippen LogP contribution in [0.15, 0.2) is 30.3 Å². The Morgan fingerprint density at radius 3 is 2.45 bits per heavy atom. The molecule has 1 aliphatic heterocycles. The minimum atomic E-state index is -0.00442. The fraction of sp³-hybridized carbons (Fsp3) is 0.611. The average molecular weight is 325 g/mol. The van der Waals surface area contributed by atoms with Gasteiger partial charge in [-0.25, -0.2) is 0 Å². The fourth-order valence-electron chi connectivity index (χ4n) is 3.08. The van der Waals surface area contributed by atoms with Gasteiger partial charge in [0.1, 0.15) is 0 Å². The van der Waals surface area contributed by atoms with Crippen molar-refractivity contribution in [3.05, 3.63) is 35.9 Å². The highest BCUT2D eigenvalue weighted by Crippen LogP contribution is 2.33. The van der Waals surface area contributed by atoms with Gasteiger partial charge in [-0.2, -0.15) is 0 Å². The van der Waals surface area contributed by atoms with Crippen LogP contribution in [0.1, 0.15) is 52.1 Å². The molecule has 0 aromatic heterocycles. The van der Waals surface area contributed by atoms with Crippen molar-refractivity contribution in [1.29, 1.82) is 0 Å². The van der Waals surface area contributed by atoms with Crippen LogP contribution in [0.5, 0.6) is 0 Å². The minimum absolute atomic E-state index is 0. The molecule has 0 aliphatic carbocycles. The molecule has 2 rings (SSSR count). The highest BCUT2D eigenvalue weighted by Gasteiger charge is 2.31. The van der Waals surface area contributed by atoms with Gasteiger partial charge in [0.15, 0.2) is 0 Å². The number of carbonyl (C=O) groups is 1. The summed E-state index contributed by atoms with van der Waals surface area (Å²) in [6.07, 6.45) is 1.86. The Labute approximate surface area is 140 Å². The molecule has 1 heterocycles. The normalized spacial score (nSPS) is 23.3. The third-order valence-corrected chi connectivity index (χ3v) is 4.28. The summed E-state index contributed by atoms with van der Waals surface area (Å²) < 4.78 is 0. The number of amides is 1. The molecule has 1 fully saturated rings. The van der Waals surface area contributed by atoms with Gasteiger partial charge in [-0.15, -0.1) is 12.4 Å². The first kappa shape index (κ1) is 19.0. The van der Waals surface area contributed by atoms with Crippen molar-refractivity contribution in [2.75, 3.05) is 6.54 Å². The van der Waals surface area contributed by atoms with Gasteiger partial charge < -0.3 is 10.6 Å². The van der Waals surface area contributed by atoms with Crippen LogP contribution >= 0.6 is 12.4 Å². The van der Waals surface area contributed by atoms with Crippen molar-refractivity contribution in [2.45, 2.75) is 52.6 Å². The van der Waals surface area contributed by atoms with E-state index in [0.29, 0.717) is 6.04 Å². The van der Waals surface area contributed by atoms with Crippen molar-refractivity contribution in [2.24, 2.45) is 11.3 Å². The van der Waals surface area contributed by atoms with Gasteiger partial charge in [-0.3, -0.25) is 4.79 Å². The van der Waals surface area contributed by atoms with Crippen LogP contribution < -0.4 is 10.6 Å². The topological polar surface area (TPSA) is 41.1 Å². The standard InChI is InChI=1S/C18H28N2O.ClH/c1-13-12-15(10-11-19-13)17(21)20-16(18(2,3)4)14-8-6-5-7-9-14;/h5-9,13,15-16,19H,10-12H2,1-4H3,(H,20,21);1H/t13-,15-,16?;/m0./s1. The Hall–Kier alpha value is -1.06. The quantitative estimate of drug-likeness (QED) is 0.890. The number of rotatable bonds is 3. The number of nitrogens with one attached hydrogen (secondary N) is 2. The van der Waals surface area contributed by atoms with Crippen molar-refractivity contribution in [1.82, 2.24) is 10.6 Å². The van der Waals surface area contributed by atoms with Gasteiger partial charge in [0, 0.05) is 12.0 Å². The Bertz CT molecular complexity index is 470. The summed E-state index contributed by atoms with van der Waals surface area (Å²) in [6.45, 7) is 9.62. The highest BCUT2D eigenvalue weighted by molar-refractivity contribution is 5.85. The van der Waals surface area contributed by atoms with Crippen molar-refractivity contribution >= 4 is 18.3 Å².